The number of amidine groups is 1. The predicted molar refractivity (Wildman–Crippen MR) is 93.0 cm³/mol. The van der Waals surface area contributed by atoms with Crippen LogP contribution in [0.15, 0.2) is 22.1 Å². The van der Waals surface area contributed by atoms with Crippen LogP contribution in [-0.2, 0) is 15.1 Å². The summed E-state index contributed by atoms with van der Waals surface area (Å²) in [5.41, 5.74) is 5.24. The van der Waals surface area contributed by atoms with E-state index >= 15 is 0 Å². The quantitative estimate of drug-likeness (QED) is 0.528. The van der Waals surface area contributed by atoms with Crippen molar-refractivity contribution in [1.82, 2.24) is 4.98 Å². The van der Waals surface area contributed by atoms with Gasteiger partial charge in [-0.25, -0.2) is 4.99 Å². The number of nitrogens with zero attached hydrogens (tertiary/aromatic N) is 3. The molecule has 4 N–H and O–H groups in total. The zero-order valence-electron chi connectivity index (χ0n) is 14.2. The lowest BCUT2D eigenvalue weighted by Crippen LogP contribution is -2.26. The number of amides is 1. The van der Waals surface area contributed by atoms with Crippen molar-refractivity contribution in [3.05, 3.63) is 23.5 Å². The Morgan fingerprint density at radius 2 is 2.44 bits per heavy atom. The van der Waals surface area contributed by atoms with Crippen LogP contribution in [0.3, 0.4) is 0 Å². The maximum Gasteiger partial charge on any atom is 0.247 e. The zero-order valence-corrected chi connectivity index (χ0v) is 14.2. The smallest absolute Gasteiger partial charge is 0.247 e. The van der Waals surface area contributed by atoms with Gasteiger partial charge in [-0.1, -0.05) is 13.3 Å². The lowest BCUT2D eigenvalue weighted by molar-refractivity contribution is -0.117. The molecule has 1 aliphatic rings. The average molecular weight is 345 g/mol. The van der Waals surface area contributed by atoms with Crippen LogP contribution in [0.5, 0.6) is 0 Å². The molecular weight excluding hydrogens is 322 g/mol. The van der Waals surface area contributed by atoms with E-state index in [0.29, 0.717) is 30.7 Å². The number of aromatic nitrogens is 1. The van der Waals surface area contributed by atoms with Gasteiger partial charge in [0.2, 0.25) is 5.91 Å². The third-order valence-corrected chi connectivity index (χ3v) is 4.10. The molecule has 0 aliphatic carbocycles. The highest BCUT2D eigenvalue weighted by Crippen LogP contribution is 2.38. The zero-order chi connectivity index (χ0) is 18.3. The number of nitrogens with one attached hydrogen (secondary N) is 1. The largest absolute Gasteiger partial charge is 0.394 e. The van der Waals surface area contributed by atoms with Gasteiger partial charge < -0.3 is 20.6 Å². The van der Waals surface area contributed by atoms with E-state index in [1.54, 1.807) is 12.1 Å². The van der Waals surface area contributed by atoms with E-state index in [0.717, 1.165) is 19.2 Å². The molecule has 0 spiro atoms. The van der Waals surface area contributed by atoms with Crippen molar-refractivity contribution in [3.8, 4) is 6.07 Å². The Hall–Kier alpha value is -2.50. The Balaban J connectivity index is 2.27. The molecule has 0 bridgehead atoms. The third kappa shape index (κ3) is 4.32. The second-order valence-corrected chi connectivity index (χ2v) is 5.90. The third-order valence-electron chi connectivity index (χ3n) is 4.10. The van der Waals surface area contributed by atoms with Crippen LogP contribution in [0, 0.1) is 11.3 Å². The Morgan fingerprint density at radius 3 is 3.04 bits per heavy atom. The van der Waals surface area contributed by atoms with E-state index in [1.165, 1.54) is 0 Å². The molecule has 134 valence electrons. The van der Waals surface area contributed by atoms with Gasteiger partial charge in [-0.2, -0.15) is 10.3 Å². The number of hydrogen-bond donors (Lipinski definition) is 3. The summed E-state index contributed by atoms with van der Waals surface area (Å²) in [5.74, 6) is -0.106. The second-order valence-electron chi connectivity index (χ2n) is 5.90. The molecule has 2 atom stereocenters. The second kappa shape index (κ2) is 8.55. The molecule has 1 amide bonds. The first-order valence-corrected chi connectivity index (χ1v) is 8.34. The monoisotopic (exact) mass is 345 g/mol. The summed E-state index contributed by atoms with van der Waals surface area (Å²) in [5, 5.41) is 18.8. The number of carbonyl (C=O) groups excluding carboxylic acids is 1. The molecule has 0 radical (unpaired) electrons. The van der Waals surface area contributed by atoms with Gasteiger partial charge in [0.25, 0.3) is 0 Å². The van der Waals surface area contributed by atoms with Crippen molar-refractivity contribution in [1.29, 1.82) is 5.26 Å². The molecular formula is C17H23N5O3. The van der Waals surface area contributed by atoms with Gasteiger partial charge in [0.1, 0.15) is 6.07 Å². The number of aromatic amines is 1. The number of rotatable bonds is 6. The molecule has 1 aromatic rings. The van der Waals surface area contributed by atoms with Crippen molar-refractivity contribution >= 4 is 18.1 Å². The van der Waals surface area contributed by atoms with Crippen LogP contribution in [0.2, 0.25) is 0 Å². The van der Waals surface area contributed by atoms with E-state index in [9.17, 15) is 15.2 Å². The van der Waals surface area contributed by atoms with Crippen molar-refractivity contribution in [2.24, 2.45) is 15.7 Å². The van der Waals surface area contributed by atoms with Gasteiger partial charge in [0.05, 0.1) is 30.4 Å². The van der Waals surface area contributed by atoms with Crippen LogP contribution >= 0.6 is 0 Å². The number of aliphatic imine (C=N–C) groups is 2. The average Bonchev–Trinajstić information content (AvgIpc) is 3.27. The maximum absolute atomic E-state index is 11.9. The summed E-state index contributed by atoms with van der Waals surface area (Å²) in [6.07, 6.45) is 3.77. The van der Waals surface area contributed by atoms with Gasteiger partial charge in [0.15, 0.2) is 11.4 Å². The topological polar surface area (TPSA) is 137 Å². The van der Waals surface area contributed by atoms with Crippen LogP contribution in [0.4, 0.5) is 0 Å². The van der Waals surface area contributed by atoms with Crippen molar-refractivity contribution in [2.75, 3.05) is 6.61 Å². The van der Waals surface area contributed by atoms with Crippen LogP contribution in [0.25, 0.3) is 0 Å². The first-order chi connectivity index (χ1) is 12.1. The van der Waals surface area contributed by atoms with E-state index in [1.807, 2.05) is 6.92 Å². The highest BCUT2D eigenvalue weighted by molar-refractivity contribution is 6.06. The molecule has 8 nitrogen and oxygen atoms in total. The van der Waals surface area contributed by atoms with Crippen LogP contribution in [-0.4, -0.2) is 40.9 Å². The molecule has 8 heteroatoms. The summed E-state index contributed by atoms with van der Waals surface area (Å²) in [6, 6.07) is 5.56. The highest BCUT2D eigenvalue weighted by atomic mass is 16.5. The molecule has 1 fully saturated rings. The summed E-state index contributed by atoms with van der Waals surface area (Å²) in [6.45, 7) is 1.86. The minimum absolute atomic E-state index is 0.132. The molecule has 0 aromatic carbocycles. The van der Waals surface area contributed by atoms with Crippen LogP contribution < -0.4 is 5.73 Å². The molecule has 1 aliphatic heterocycles. The van der Waals surface area contributed by atoms with Crippen LogP contribution in [0.1, 0.15) is 50.4 Å². The van der Waals surface area contributed by atoms with Gasteiger partial charge in [-0.05, 0) is 31.4 Å². The number of aliphatic hydroxyl groups excluding tert-OH is 1. The number of ether oxygens (including phenoxy) is 1. The molecule has 2 heterocycles. The van der Waals surface area contributed by atoms with E-state index < -0.39 is 5.60 Å². The Kier molecular flexibility index (Phi) is 6.44. The number of unbranched alkanes of at least 4 members (excludes halogenated alkanes) is 1. The normalized spacial score (nSPS) is 23.9. The van der Waals surface area contributed by atoms with E-state index in [-0.39, 0.29) is 24.5 Å². The fourth-order valence-corrected chi connectivity index (χ4v) is 2.73. The first kappa shape index (κ1) is 18.8. The van der Waals surface area contributed by atoms with Crippen molar-refractivity contribution in [2.45, 2.75) is 50.7 Å². The lowest BCUT2D eigenvalue weighted by atomic mass is 9.98. The molecule has 1 saturated heterocycles. The molecule has 2 unspecified atom stereocenters. The lowest BCUT2D eigenvalue weighted by Gasteiger charge is -2.20. The van der Waals surface area contributed by atoms with Crippen molar-refractivity contribution in [3.63, 3.8) is 0 Å². The first-order valence-electron chi connectivity index (χ1n) is 8.34. The predicted octanol–water partition coefficient (Wildman–Crippen LogP) is 1.36. The number of nitriles is 1. The Morgan fingerprint density at radius 1 is 1.64 bits per heavy atom. The van der Waals surface area contributed by atoms with Gasteiger partial charge >= 0.3 is 0 Å². The van der Waals surface area contributed by atoms with Crippen molar-refractivity contribution < 1.29 is 14.6 Å². The number of nitrogens with two attached hydrogens (primary N) is 1. The molecule has 2 rings (SSSR count). The molecule has 1 aromatic heterocycles. The number of aliphatic hydroxyl groups is 1. The van der Waals surface area contributed by atoms with Gasteiger partial charge in [-0.3, -0.25) is 4.79 Å². The summed E-state index contributed by atoms with van der Waals surface area (Å²) < 4.78 is 5.71. The standard InChI is InChI=1S/C17H23N5O3/c1-2-3-4-15(24)22-16(20-11-19)13-5-6-14(21-13)17(10-18)8-7-12(9-23)25-17/h5-6,11-12,21,23H,2-4,7-9H2,1H3,(H2,19,20,22,24). The summed E-state index contributed by atoms with van der Waals surface area (Å²) in [7, 11) is 0. The fourth-order valence-electron chi connectivity index (χ4n) is 2.73. The Bertz CT molecular complexity index is 703. The maximum atomic E-state index is 11.9. The van der Waals surface area contributed by atoms with E-state index in [4.69, 9.17) is 10.5 Å². The summed E-state index contributed by atoms with van der Waals surface area (Å²) >= 11 is 0. The van der Waals surface area contributed by atoms with Gasteiger partial charge in [-0.15, -0.1) is 0 Å². The number of carbonyl (C=O) groups is 1. The minimum Gasteiger partial charge on any atom is -0.394 e. The minimum atomic E-state index is -1.14. The van der Waals surface area contributed by atoms with Gasteiger partial charge in [0, 0.05) is 6.42 Å². The SMILES string of the molecule is CCCCC(=O)N=C(N=CN)c1ccc(C2(C#N)CCC(CO)O2)[nH]1. The molecule has 25 heavy (non-hydrogen) atoms. The van der Waals surface area contributed by atoms with E-state index in [2.05, 4.69) is 21.0 Å². The number of H-pyrrole nitrogens is 1. The Labute approximate surface area is 146 Å². The highest BCUT2D eigenvalue weighted by Gasteiger charge is 2.43. The molecule has 0 saturated carbocycles. The number of hydrogen-bond acceptors (Lipinski definition) is 4. The fraction of sp³-hybridized carbons (Fsp3) is 0.529. The summed E-state index contributed by atoms with van der Waals surface area (Å²) in [4.78, 5) is 22.9.